The number of carbonyl (C=O) groups excluding carboxylic acids is 1. The maximum absolute atomic E-state index is 11.7. The van der Waals surface area contributed by atoms with Gasteiger partial charge in [0, 0.05) is 25.6 Å². The molecule has 0 aromatic carbocycles. The fraction of sp³-hybridized carbons (Fsp3) is 0.615. The molecule has 1 N–H and O–H groups in total. The van der Waals surface area contributed by atoms with Crippen LogP contribution in [0, 0.1) is 13.8 Å². The molecule has 0 atom stereocenters. The molecule has 0 spiro atoms. The zero-order valence-electron chi connectivity index (χ0n) is 11.6. The van der Waals surface area contributed by atoms with E-state index < -0.39 is 5.97 Å². The Hall–Kier alpha value is -1.30. The van der Waals surface area contributed by atoms with E-state index in [4.69, 9.17) is 5.11 Å². The second-order valence-corrected chi connectivity index (χ2v) is 5.49. The summed E-state index contributed by atoms with van der Waals surface area (Å²) in [5.41, 5.74) is 2.09. The van der Waals surface area contributed by atoms with Crippen LogP contribution in [0.25, 0.3) is 0 Å². The number of hydrogen-bond donors (Lipinski definition) is 1. The van der Waals surface area contributed by atoms with Gasteiger partial charge in [0.15, 0.2) is 5.16 Å². The van der Waals surface area contributed by atoms with Gasteiger partial charge in [-0.3, -0.25) is 9.59 Å². The number of nitrogens with zero attached hydrogens (tertiary/aromatic N) is 2. The van der Waals surface area contributed by atoms with Crippen molar-refractivity contribution in [2.75, 3.05) is 5.75 Å². The molecule has 19 heavy (non-hydrogen) atoms. The molecule has 1 aromatic rings. The van der Waals surface area contributed by atoms with Crippen LogP contribution in [0.1, 0.15) is 37.1 Å². The maximum atomic E-state index is 11.7. The van der Waals surface area contributed by atoms with Gasteiger partial charge >= 0.3 is 5.97 Å². The Morgan fingerprint density at radius 3 is 2.42 bits per heavy atom. The van der Waals surface area contributed by atoms with Gasteiger partial charge in [0.1, 0.15) is 5.78 Å². The Balaban J connectivity index is 2.30. The van der Waals surface area contributed by atoms with Crippen molar-refractivity contribution in [1.82, 2.24) is 9.55 Å². The Morgan fingerprint density at radius 2 is 1.89 bits per heavy atom. The van der Waals surface area contributed by atoms with E-state index in [1.807, 2.05) is 25.5 Å². The summed E-state index contributed by atoms with van der Waals surface area (Å²) in [6.45, 7) is 3.95. The highest BCUT2D eigenvalue weighted by Crippen LogP contribution is 2.20. The first-order chi connectivity index (χ1) is 8.91. The standard InChI is InChI=1S/C13H20N2O3S/c1-9-10(2)15(3)13(14-9)19-8-11(16)6-4-5-7-12(17)18/h4-8H2,1-3H3,(H,17,18). The number of ketones is 1. The summed E-state index contributed by atoms with van der Waals surface area (Å²) in [5, 5.41) is 9.34. The number of Topliss-reactive ketones (excluding diaryl/α,β-unsaturated/α-hetero) is 1. The van der Waals surface area contributed by atoms with Crippen molar-refractivity contribution >= 4 is 23.5 Å². The molecule has 0 aliphatic heterocycles. The Morgan fingerprint density at radius 1 is 1.26 bits per heavy atom. The van der Waals surface area contributed by atoms with Crippen molar-refractivity contribution < 1.29 is 14.7 Å². The Bertz CT molecular complexity index is 469. The third kappa shape index (κ3) is 5.06. The van der Waals surface area contributed by atoms with Crippen molar-refractivity contribution in [3.63, 3.8) is 0 Å². The van der Waals surface area contributed by atoms with E-state index in [2.05, 4.69) is 4.98 Å². The first kappa shape index (κ1) is 15.8. The average Bonchev–Trinajstić information content (AvgIpc) is 2.59. The molecule has 0 amide bonds. The molecule has 0 saturated heterocycles. The lowest BCUT2D eigenvalue weighted by Crippen LogP contribution is -2.04. The molecule has 6 heteroatoms. The highest BCUT2D eigenvalue weighted by Gasteiger charge is 2.10. The molecule has 0 radical (unpaired) electrons. The molecular weight excluding hydrogens is 264 g/mol. The first-order valence-electron chi connectivity index (χ1n) is 6.28. The number of thioether (sulfide) groups is 1. The van der Waals surface area contributed by atoms with Crippen LogP contribution in [0.15, 0.2) is 5.16 Å². The van der Waals surface area contributed by atoms with Crippen LogP contribution in [-0.2, 0) is 16.6 Å². The van der Waals surface area contributed by atoms with Crippen LogP contribution in [0.3, 0.4) is 0 Å². The second-order valence-electron chi connectivity index (χ2n) is 4.55. The van der Waals surface area contributed by atoms with Gasteiger partial charge in [-0.15, -0.1) is 0 Å². The van der Waals surface area contributed by atoms with Gasteiger partial charge in [0.05, 0.1) is 11.4 Å². The Kier molecular flexibility index (Phi) is 6.08. The summed E-state index contributed by atoms with van der Waals surface area (Å²) >= 11 is 1.44. The van der Waals surface area contributed by atoms with Gasteiger partial charge in [0.25, 0.3) is 0 Å². The summed E-state index contributed by atoms with van der Waals surface area (Å²) in [5.74, 6) is -0.258. The minimum Gasteiger partial charge on any atom is -0.481 e. The van der Waals surface area contributed by atoms with E-state index in [0.29, 0.717) is 25.0 Å². The summed E-state index contributed by atoms with van der Waals surface area (Å²) in [7, 11) is 1.94. The minimum absolute atomic E-state index is 0.137. The fourth-order valence-corrected chi connectivity index (χ4v) is 2.60. The molecule has 0 unspecified atom stereocenters. The number of hydrogen-bond acceptors (Lipinski definition) is 4. The summed E-state index contributed by atoms with van der Waals surface area (Å²) in [4.78, 5) is 26.4. The van der Waals surface area contributed by atoms with Gasteiger partial charge in [-0.05, 0) is 26.7 Å². The molecule has 0 fully saturated rings. The van der Waals surface area contributed by atoms with Crippen LogP contribution in [0.4, 0.5) is 0 Å². The number of carboxylic acid groups (broad SMARTS) is 1. The largest absolute Gasteiger partial charge is 0.481 e. The first-order valence-corrected chi connectivity index (χ1v) is 7.26. The lowest BCUT2D eigenvalue weighted by atomic mass is 10.1. The Labute approximate surface area is 117 Å². The number of rotatable bonds is 8. The molecule has 0 bridgehead atoms. The third-order valence-electron chi connectivity index (χ3n) is 3.04. The summed E-state index contributed by atoms with van der Waals surface area (Å²) < 4.78 is 1.98. The van der Waals surface area contributed by atoms with E-state index >= 15 is 0 Å². The predicted octanol–water partition coefficient (Wildman–Crippen LogP) is 2.34. The van der Waals surface area contributed by atoms with Crippen LogP contribution < -0.4 is 0 Å². The number of unbranched alkanes of at least 4 members (excludes halogenated alkanes) is 1. The lowest BCUT2D eigenvalue weighted by Gasteiger charge is -2.02. The topological polar surface area (TPSA) is 72.2 Å². The fourth-order valence-electron chi connectivity index (χ4n) is 1.63. The molecule has 5 nitrogen and oxygen atoms in total. The van der Waals surface area contributed by atoms with E-state index in [1.54, 1.807) is 0 Å². The van der Waals surface area contributed by atoms with Gasteiger partial charge in [-0.25, -0.2) is 4.98 Å². The molecule has 0 aliphatic carbocycles. The van der Waals surface area contributed by atoms with Gasteiger partial charge in [-0.2, -0.15) is 0 Å². The van der Waals surface area contributed by atoms with Crippen molar-refractivity contribution in [2.24, 2.45) is 7.05 Å². The number of carbonyl (C=O) groups is 2. The van der Waals surface area contributed by atoms with Crippen molar-refractivity contribution in [3.8, 4) is 0 Å². The van der Waals surface area contributed by atoms with E-state index in [9.17, 15) is 9.59 Å². The zero-order chi connectivity index (χ0) is 14.4. The molecule has 0 saturated carbocycles. The van der Waals surface area contributed by atoms with Gasteiger partial charge < -0.3 is 9.67 Å². The monoisotopic (exact) mass is 284 g/mol. The lowest BCUT2D eigenvalue weighted by molar-refractivity contribution is -0.137. The van der Waals surface area contributed by atoms with Gasteiger partial charge in [-0.1, -0.05) is 11.8 Å². The van der Waals surface area contributed by atoms with Crippen molar-refractivity contribution in [1.29, 1.82) is 0 Å². The van der Waals surface area contributed by atoms with Crippen molar-refractivity contribution in [2.45, 2.75) is 44.7 Å². The van der Waals surface area contributed by atoms with Crippen molar-refractivity contribution in [3.05, 3.63) is 11.4 Å². The summed E-state index contributed by atoms with van der Waals surface area (Å²) in [6, 6.07) is 0. The summed E-state index contributed by atoms with van der Waals surface area (Å²) in [6.07, 6.45) is 1.79. The predicted molar refractivity (Wildman–Crippen MR) is 74.5 cm³/mol. The van der Waals surface area contributed by atoms with Crippen LogP contribution in [-0.4, -0.2) is 32.2 Å². The number of aryl methyl sites for hydroxylation is 1. The number of imidazole rings is 1. The quantitative estimate of drug-likeness (QED) is 0.586. The van der Waals surface area contributed by atoms with Gasteiger partial charge in [0.2, 0.25) is 0 Å². The molecule has 1 heterocycles. The highest BCUT2D eigenvalue weighted by molar-refractivity contribution is 7.99. The molecule has 1 aromatic heterocycles. The second kappa shape index (κ2) is 7.33. The molecule has 106 valence electrons. The average molecular weight is 284 g/mol. The molecule has 1 rings (SSSR count). The smallest absolute Gasteiger partial charge is 0.303 e. The SMILES string of the molecule is Cc1nc(SCC(=O)CCCCC(=O)O)n(C)c1C. The highest BCUT2D eigenvalue weighted by atomic mass is 32.2. The third-order valence-corrected chi connectivity index (χ3v) is 4.13. The minimum atomic E-state index is -0.805. The van der Waals surface area contributed by atoms with Crippen LogP contribution in [0.5, 0.6) is 0 Å². The maximum Gasteiger partial charge on any atom is 0.303 e. The van der Waals surface area contributed by atoms with Crippen LogP contribution >= 0.6 is 11.8 Å². The molecular formula is C13H20N2O3S. The van der Waals surface area contributed by atoms with E-state index in [1.165, 1.54) is 11.8 Å². The van der Waals surface area contributed by atoms with E-state index in [0.717, 1.165) is 16.5 Å². The number of aliphatic carboxylic acids is 1. The number of aromatic nitrogens is 2. The molecule has 0 aliphatic rings. The normalized spacial score (nSPS) is 10.7. The van der Waals surface area contributed by atoms with E-state index in [-0.39, 0.29) is 12.2 Å². The number of carboxylic acids is 1. The zero-order valence-corrected chi connectivity index (χ0v) is 12.4. The van der Waals surface area contributed by atoms with Crippen LogP contribution in [0.2, 0.25) is 0 Å².